The van der Waals surface area contributed by atoms with E-state index in [0.717, 1.165) is 29.8 Å². The number of nitrogens with one attached hydrogen (secondary N) is 3. The summed E-state index contributed by atoms with van der Waals surface area (Å²) in [6, 6.07) is 4.86. The molecule has 1 aromatic carbocycles. The highest BCUT2D eigenvalue weighted by Crippen LogP contribution is 2.34. The molecule has 0 saturated heterocycles. The van der Waals surface area contributed by atoms with Gasteiger partial charge in [-0.3, -0.25) is 4.79 Å². The second-order valence-corrected chi connectivity index (χ2v) is 12.5. The summed E-state index contributed by atoms with van der Waals surface area (Å²) in [6.45, 7) is 2.96. The Morgan fingerprint density at radius 2 is 1.39 bits per heavy atom. The molecule has 0 aliphatic heterocycles. The van der Waals surface area contributed by atoms with Gasteiger partial charge in [-0.1, -0.05) is 122 Å². The van der Waals surface area contributed by atoms with Gasteiger partial charge in [-0.25, -0.2) is 0 Å². The number of carbonyl (C=O) groups excluding carboxylic acids is 1. The Morgan fingerprint density at radius 1 is 0.829 bits per heavy atom. The number of amides is 1. The highest BCUT2D eigenvalue weighted by Gasteiger charge is 2.17. The minimum atomic E-state index is 0.187. The van der Waals surface area contributed by atoms with E-state index < -0.39 is 0 Å². The molecule has 232 valence electrons. The number of unbranched alkanes of at least 4 members (excludes halogenated alkanes) is 16. The van der Waals surface area contributed by atoms with Crippen LogP contribution in [0.2, 0.25) is 0 Å². The highest BCUT2D eigenvalue weighted by atomic mass is 16.5. The largest absolute Gasteiger partial charge is 0.495 e. The molecule has 5 nitrogen and oxygen atoms in total. The van der Waals surface area contributed by atoms with E-state index in [1.54, 1.807) is 7.11 Å². The second-order valence-electron chi connectivity index (χ2n) is 12.5. The predicted molar refractivity (Wildman–Crippen MR) is 176 cm³/mol. The number of benzene rings is 1. The highest BCUT2D eigenvalue weighted by molar-refractivity contribution is 5.89. The van der Waals surface area contributed by atoms with Crippen molar-refractivity contribution in [3.8, 4) is 5.75 Å². The van der Waals surface area contributed by atoms with Gasteiger partial charge in [0.05, 0.1) is 12.8 Å². The smallest absolute Gasteiger partial charge is 0.220 e. The summed E-state index contributed by atoms with van der Waals surface area (Å²) >= 11 is 0. The number of H-pyrrole nitrogens is 1. The lowest BCUT2D eigenvalue weighted by atomic mass is 10.0. The Bertz CT molecular complexity index is 963. The van der Waals surface area contributed by atoms with Crippen LogP contribution in [0.3, 0.4) is 0 Å². The van der Waals surface area contributed by atoms with Gasteiger partial charge >= 0.3 is 0 Å². The van der Waals surface area contributed by atoms with Crippen molar-refractivity contribution in [1.82, 2.24) is 10.3 Å². The van der Waals surface area contributed by atoms with Gasteiger partial charge in [0.15, 0.2) is 0 Å². The molecule has 1 saturated carbocycles. The van der Waals surface area contributed by atoms with Crippen molar-refractivity contribution in [2.75, 3.05) is 19.0 Å². The number of aromatic nitrogens is 1. The second kappa shape index (κ2) is 20.7. The summed E-state index contributed by atoms with van der Waals surface area (Å²) in [5, 5.41) is 7.99. The van der Waals surface area contributed by atoms with E-state index in [-0.39, 0.29) is 5.91 Å². The molecule has 1 fully saturated rings. The third kappa shape index (κ3) is 13.1. The first-order valence-corrected chi connectivity index (χ1v) is 17.4. The van der Waals surface area contributed by atoms with E-state index in [1.807, 2.05) is 0 Å². The van der Waals surface area contributed by atoms with Crippen LogP contribution in [0.4, 0.5) is 5.69 Å². The fourth-order valence-corrected chi connectivity index (χ4v) is 6.42. The molecule has 0 atom stereocenters. The zero-order valence-electron chi connectivity index (χ0n) is 26.6. The van der Waals surface area contributed by atoms with Gasteiger partial charge < -0.3 is 20.4 Å². The van der Waals surface area contributed by atoms with Crippen LogP contribution in [0.5, 0.6) is 5.75 Å². The van der Waals surface area contributed by atoms with Crippen LogP contribution in [0.15, 0.2) is 18.3 Å². The molecule has 0 unspecified atom stereocenters. The van der Waals surface area contributed by atoms with Gasteiger partial charge in [-0.05, 0) is 43.4 Å². The van der Waals surface area contributed by atoms with Crippen LogP contribution in [0, 0.1) is 0 Å². The molecule has 3 rings (SSSR count). The lowest BCUT2D eigenvalue weighted by molar-refractivity contribution is -0.121. The molecule has 5 heteroatoms. The summed E-state index contributed by atoms with van der Waals surface area (Å²) < 4.78 is 5.71. The Balaban J connectivity index is 1.16. The van der Waals surface area contributed by atoms with E-state index in [4.69, 9.17) is 4.74 Å². The van der Waals surface area contributed by atoms with Crippen LogP contribution in [-0.4, -0.2) is 30.6 Å². The van der Waals surface area contributed by atoms with Gasteiger partial charge in [0, 0.05) is 36.1 Å². The summed E-state index contributed by atoms with van der Waals surface area (Å²) in [5.41, 5.74) is 3.42. The molecule has 0 bridgehead atoms. The van der Waals surface area contributed by atoms with Crippen molar-refractivity contribution < 1.29 is 9.53 Å². The zero-order chi connectivity index (χ0) is 29.0. The van der Waals surface area contributed by atoms with Crippen LogP contribution in [-0.2, 0) is 11.2 Å². The topological polar surface area (TPSA) is 66.2 Å². The first-order valence-electron chi connectivity index (χ1n) is 17.4. The van der Waals surface area contributed by atoms with E-state index in [9.17, 15) is 4.79 Å². The van der Waals surface area contributed by atoms with Crippen molar-refractivity contribution in [2.45, 2.75) is 161 Å². The number of aromatic amines is 1. The van der Waals surface area contributed by atoms with Crippen molar-refractivity contribution in [2.24, 2.45) is 0 Å². The number of carbonyl (C=O) groups is 1. The molecule has 41 heavy (non-hydrogen) atoms. The molecule has 2 aromatic rings. The van der Waals surface area contributed by atoms with Gasteiger partial charge in [0.1, 0.15) is 5.75 Å². The number of anilines is 1. The number of methoxy groups -OCH3 is 1. The molecule has 1 aromatic heterocycles. The fourth-order valence-electron chi connectivity index (χ4n) is 6.42. The number of fused-ring (bicyclic) bond motifs is 1. The zero-order valence-corrected chi connectivity index (χ0v) is 26.6. The van der Waals surface area contributed by atoms with Crippen molar-refractivity contribution in [3.63, 3.8) is 0 Å². The predicted octanol–water partition coefficient (Wildman–Crippen LogP) is 10.2. The third-order valence-electron chi connectivity index (χ3n) is 9.03. The maximum Gasteiger partial charge on any atom is 0.220 e. The molecular formula is C36H61N3O2. The van der Waals surface area contributed by atoms with E-state index in [1.165, 1.54) is 139 Å². The molecule has 1 aliphatic carbocycles. The molecule has 1 heterocycles. The van der Waals surface area contributed by atoms with Gasteiger partial charge in [-0.2, -0.15) is 0 Å². The summed E-state index contributed by atoms with van der Waals surface area (Å²) in [5.74, 6) is 1.08. The molecule has 0 radical (unpaired) electrons. The molecule has 1 amide bonds. The van der Waals surface area contributed by atoms with Gasteiger partial charge in [0.25, 0.3) is 0 Å². The molecular weight excluding hydrogens is 506 g/mol. The average molecular weight is 568 g/mol. The minimum absolute atomic E-state index is 0.187. The monoisotopic (exact) mass is 567 g/mol. The normalized spacial score (nSPS) is 13.7. The summed E-state index contributed by atoms with van der Waals surface area (Å²) in [6.07, 6.45) is 31.8. The molecule has 0 spiro atoms. The maximum absolute atomic E-state index is 12.4. The fraction of sp³-hybridized carbons (Fsp3) is 0.750. The Labute approximate surface area is 251 Å². The standard InChI is InChI=1S/C36H61N3O2/c1-3-4-5-6-7-8-9-10-11-12-13-14-15-16-17-18-19-24-36(40)37-26-25-30-29-38-33-28-34(35(41-2)27-32(30)33)39-31-22-20-21-23-31/h27-29,31,38-39H,3-26H2,1-2H3,(H,37,40). The van der Waals surface area contributed by atoms with Crippen LogP contribution in [0.1, 0.15) is 154 Å². The van der Waals surface area contributed by atoms with E-state index in [0.29, 0.717) is 19.0 Å². The molecule has 1 aliphatic rings. The summed E-state index contributed by atoms with van der Waals surface area (Å²) in [7, 11) is 1.74. The van der Waals surface area contributed by atoms with Crippen molar-refractivity contribution in [1.29, 1.82) is 0 Å². The average Bonchev–Trinajstić information content (AvgIpc) is 3.64. The Morgan fingerprint density at radius 3 is 1.95 bits per heavy atom. The lowest BCUT2D eigenvalue weighted by Crippen LogP contribution is -2.25. The van der Waals surface area contributed by atoms with E-state index in [2.05, 4.69) is 40.9 Å². The Kier molecular flexibility index (Phi) is 16.8. The summed E-state index contributed by atoms with van der Waals surface area (Å²) in [4.78, 5) is 15.8. The third-order valence-corrected chi connectivity index (χ3v) is 9.03. The number of hydrogen-bond acceptors (Lipinski definition) is 3. The van der Waals surface area contributed by atoms with Crippen LogP contribution < -0.4 is 15.4 Å². The van der Waals surface area contributed by atoms with Gasteiger partial charge in [-0.15, -0.1) is 0 Å². The van der Waals surface area contributed by atoms with Crippen LogP contribution in [0.25, 0.3) is 10.9 Å². The first-order chi connectivity index (χ1) is 20.2. The Hall–Kier alpha value is -2.17. The number of rotatable bonds is 24. The maximum atomic E-state index is 12.4. The van der Waals surface area contributed by atoms with E-state index >= 15 is 0 Å². The van der Waals surface area contributed by atoms with Crippen LogP contribution >= 0.6 is 0 Å². The molecule has 3 N–H and O–H groups in total. The first kappa shape index (κ1) is 33.3. The SMILES string of the molecule is CCCCCCCCCCCCCCCCCCCC(=O)NCCc1c[nH]c2cc(NC3CCCC3)c(OC)cc12. The number of hydrogen-bond donors (Lipinski definition) is 3. The van der Waals surface area contributed by atoms with Crippen molar-refractivity contribution >= 4 is 22.5 Å². The quantitative estimate of drug-likeness (QED) is 0.111. The van der Waals surface area contributed by atoms with Crippen molar-refractivity contribution in [3.05, 3.63) is 23.9 Å². The minimum Gasteiger partial charge on any atom is -0.495 e. The van der Waals surface area contributed by atoms with Gasteiger partial charge in [0.2, 0.25) is 5.91 Å². The lowest BCUT2D eigenvalue weighted by Gasteiger charge is -2.17. The number of ether oxygens (including phenoxy) is 1.